The van der Waals surface area contributed by atoms with Gasteiger partial charge in [-0.1, -0.05) is 54.2 Å². The van der Waals surface area contributed by atoms with Crippen molar-refractivity contribution in [1.82, 2.24) is 14.8 Å². The number of hydrogen-bond donors (Lipinski definition) is 1. The minimum atomic E-state index is -0.0835. The number of carbonyl (C=O) groups excluding carboxylic acids is 1. The number of nitrogens with zero attached hydrogens (tertiary/aromatic N) is 3. The maximum atomic E-state index is 12.3. The Kier molecular flexibility index (Phi) is 6.79. The Bertz CT molecular complexity index is 1200. The molecule has 0 aliphatic carbocycles. The maximum Gasteiger partial charge on any atom is 0.234 e. The number of benzene rings is 3. The predicted octanol–water partition coefficient (Wildman–Crippen LogP) is 5.00. The zero-order valence-electron chi connectivity index (χ0n) is 17.2. The molecular weight excluding hydrogens is 428 g/mol. The Hall–Kier alpha value is -2.97. The lowest BCUT2D eigenvalue weighted by molar-refractivity contribution is -0.113. The Morgan fingerprint density at radius 1 is 1.06 bits per heavy atom. The van der Waals surface area contributed by atoms with E-state index in [1.165, 1.54) is 11.8 Å². The van der Waals surface area contributed by atoms with Crippen molar-refractivity contribution < 1.29 is 9.53 Å². The molecule has 158 valence electrons. The van der Waals surface area contributed by atoms with Gasteiger partial charge in [0, 0.05) is 23.0 Å². The molecule has 0 saturated heterocycles. The molecule has 1 amide bonds. The molecule has 4 aromatic rings. The molecule has 0 aliphatic rings. The fourth-order valence-corrected chi connectivity index (χ4v) is 4.28. The van der Waals surface area contributed by atoms with Gasteiger partial charge in [-0.25, -0.2) is 0 Å². The third-order valence-corrected chi connectivity index (χ3v) is 6.46. The van der Waals surface area contributed by atoms with Crippen LogP contribution in [0.3, 0.4) is 0 Å². The number of carbonyl (C=O) groups is 1. The van der Waals surface area contributed by atoms with E-state index in [1.54, 1.807) is 11.8 Å². The highest BCUT2D eigenvalue weighted by Gasteiger charge is 2.13. The zero-order valence-corrected chi connectivity index (χ0v) is 18.9. The van der Waals surface area contributed by atoms with Crippen molar-refractivity contribution in [3.8, 4) is 5.75 Å². The van der Waals surface area contributed by atoms with Gasteiger partial charge in [0.2, 0.25) is 5.91 Å². The molecule has 0 fully saturated rings. The second-order valence-electron chi connectivity index (χ2n) is 6.79. The zero-order chi connectivity index (χ0) is 21.6. The molecule has 1 aromatic heterocycles. The highest BCUT2D eigenvalue weighted by molar-refractivity contribution is 7.99. The predicted molar refractivity (Wildman–Crippen MR) is 127 cm³/mol. The van der Waals surface area contributed by atoms with Gasteiger partial charge in [-0.3, -0.25) is 4.79 Å². The summed E-state index contributed by atoms with van der Waals surface area (Å²) in [4.78, 5) is 13.4. The summed E-state index contributed by atoms with van der Waals surface area (Å²) >= 11 is 2.98. The first kappa shape index (κ1) is 21.3. The van der Waals surface area contributed by atoms with E-state index in [0.717, 1.165) is 27.1 Å². The summed E-state index contributed by atoms with van der Waals surface area (Å²) in [5.41, 5.74) is 0.791. The number of hydrogen-bond acceptors (Lipinski definition) is 6. The number of fused-ring (bicyclic) bond motifs is 1. The highest BCUT2D eigenvalue weighted by atomic mass is 32.2. The summed E-state index contributed by atoms with van der Waals surface area (Å²) < 4.78 is 7.87. The van der Waals surface area contributed by atoms with E-state index < -0.39 is 0 Å². The second kappa shape index (κ2) is 9.89. The van der Waals surface area contributed by atoms with E-state index >= 15 is 0 Å². The largest absolute Gasteiger partial charge is 0.485 e. The van der Waals surface area contributed by atoms with Gasteiger partial charge in [0.15, 0.2) is 11.0 Å². The van der Waals surface area contributed by atoms with Crippen molar-refractivity contribution in [2.45, 2.75) is 16.7 Å². The van der Waals surface area contributed by atoms with Gasteiger partial charge in [-0.15, -0.1) is 22.0 Å². The fraction of sp³-hybridized carbons (Fsp3) is 0.174. The molecule has 4 rings (SSSR count). The first-order chi connectivity index (χ1) is 15.1. The fourth-order valence-electron chi connectivity index (χ4n) is 3.09. The van der Waals surface area contributed by atoms with Crippen LogP contribution >= 0.6 is 23.5 Å². The van der Waals surface area contributed by atoms with E-state index in [9.17, 15) is 4.79 Å². The van der Waals surface area contributed by atoms with Gasteiger partial charge < -0.3 is 14.6 Å². The van der Waals surface area contributed by atoms with E-state index in [2.05, 4.69) is 27.6 Å². The van der Waals surface area contributed by atoms with Crippen LogP contribution in [0.15, 0.2) is 76.8 Å². The van der Waals surface area contributed by atoms with Gasteiger partial charge in [-0.2, -0.15) is 0 Å². The Morgan fingerprint density at radius 3 is 2.74 bits per heavy atom. The van der Waals surface area contributed by atoms with Crippen LogP contribution in [0.5, 0.6) is 5.75 Å². The van der Waals surface area contributed by atoms with Crippen LogP contribution in [0.1, 0.15) is 5.82 Å². The van der Waals surface area contributed by atoms with Crippen LogP contribution in [0.4, 0.5) is 5.69 Å². The summed E-state index contributed by atoms with van der Waals surface area (Å²) in [6.45, 7) is 0.297. The lowest BCUT2D eigenvalue weighted by Gasteiger charge is -2.09. The van der Waals surface area contributed by atoms with Crippen molar-refractivity contribution in [2.24, 2.45) is 7.05 Å². The van der Waals surface area contributed by atoms with Crippen molar-refractivity contribution >= 4 is 45.9 Å². The topological polar surface area (TPSA) is 69.0 Å². The molecule has 1 heterocycles. The standard InChI is InChI=1S/C23H22N4O2S2/c1-27-21(14-29-20-12-5-8-16-7-3-4-11-19(16)20)25-26-23(27)31-15-22(28)24-17-9-6-10-18(13-17)30-2/h3-13H,14-15H2,1-2H3,(H,24,28). The monoisotopic (exact) mass is 450 g/mol. The molecule has 31 heavy (non-hydrogen) atoms. The van der Waals surface area contributed by atoms with E-state index in [0.29, 0.717) is 17.6 Å². The number of anilines is 1. The van der Waals surface area contributed by atoms with Gasteiger partial charge in [0.1, 0.15) is 12.4 Å². The number of amides is 1. The first-order valence-electron chi connectivity index (χ1n) is 9.69. The van der Waals surface area contributed by atoms with Crippen molar-refractivity contribution in [1.29, 1.82) is 0 Å². The summed E-state index contributed by atoms with van der Waals surface area (Å²) in [5.74, 6) is 1.67. The minimum Gasteiger partial charge on any atom is -0.485 e. The number of aromatic nitrogens is 3. The SMILES string of the molecule is CSc1cccc(NC(=O)CSc2nnc(COc3cccc4ccccc34)n2C)c1. The summed E-state index contributed by atoms with van der Waals surface area (Å²) in [6.07, 6.45) is 2.01. The van der Waals surface area contributed by atoms with Crippen molar-refractivity contribution in [3.05, 3.63) is 72.6 Å². The van der Waals surface area contributed by atoms with Gasteiger partial charge >= 0.3 is 0 Å². The Labute approximate surface area is 189 Å². The van der Waals surface area contributed by atoms with Crippen LogP contribution in [-0.4, -0.2) is 32.7 Å². The smallest absolute Gasteiger partial charge is 0.234 e. The molecule has 3 aromatic carbocycles. The van der Waals surface area contributed by atoms with Crippen LogP contribution in [-0.2, 0) is 18.4 Å². The molecule has 0 aliphatic heterocycles. The number of ether oxygens (including phenoxy) is 1. The van der Waals surface area contributed by atoms with E-state index in [-0.39, 0.29) is 11.7 Å². The number of nitrogens with one attached hydrogen (secondary N) is 1. The first-order valence-corrected chi connectivity index (χ1v) is 11.9. The number of rotatable bonds is 8. The van der Waals surface area contributed by atoms with Crippen molar-refractivity contribution in [2.75, 3.05) is 17.3 Å². The average molecular weight is 451 g/mol. The third kappa shape index (κ3) is 5.21. The molecule has 0 atom stereocenters. The van der Waals surface area contributed by atoms with E-state index in [1.807, 2.05) is 72.5 Å². The molecule has 0 spiro atoms. The quantitative estimate of drug-likeness (QED) is 0.381. The van der Waals surface area contributed by atoms with Gasteiger partial charge in [-0.05, 0) is 35.9 Å². The maximum absolute atomic E-state index is 12.3. The molecule has 8 heteroatoms. The lowest BCUT2D eigenvalue weighted by Crippen LogP contribution is -2.14. The molecule has 6 nitrogen and oxygen atoms in total. The third-order valence-electron chi connectivity index (χ3n) is 4.72. The summed E-state index contributed by atoms with van der Waals surface area (Å²) in [5, 5.41) is 14.2. The van der Waals surface area contributed by atoms with Crippen LogP contribution in [0, 0.1) is 0 Å². The average Bonchev–Trinajstić information content (AvgIpc) is 3.15. The number of thioether (sulfide) groups is 2. The second-order valence-corrected chi connectivity index (χ2v) is 8.61. The molecule has 0 unspecified atom stereocenters. The van der Waals surface area contributed by atoms with Crippen LogP contribution in [0.25, 0.3) is 10.8 Å². The van der Waals surface area contributed by atoms with Crippen LogP contribution < -0.4 is 10.1 Å². The Balaban J connectivity index is 1.35. The molecular formula is C23H22N4O2S2. The van der Waals surface area contributed by atoms with Crippen molar-refractivity contribution in [3.63, 3.8) is 0 Å². The Morgan fingerprint density at radius 2 is 1.87 bits per heavy atom. The minimum absolute atomic E-state index is 0.0835. The van der Waals surface area contributed by atoms with E-state index in [4.69, 9.17) is 4.74 Å². The molecule has 1 N–H and O–H groups in total. The van der Waals surface area contributed by atoms with Gasteiger partial charge in [0.25, 0.3) is 0 Å². The lowest BCUT2D eigenvalue weighted by atomic mass is 10.1. The van der Waals surface area contributed by atoms with Gasteiger partial charge in [0.05, 0.1) is 5.75 Å². The summed E-state index contributed by atoms with van der Waals surface area (Å²) in [6, 6.07) is 21.9. The summed E-state index contributed by atoms with van der Waals surface area (Å²) in [7, 11) is 1.88. The molecule has 0 radical (unpaired) electrons. The molecule has 0 bridgehead atoms. The highest BCUT2D eigenvalue weighted by Crippen LogP contribution is 2.26. The van der Waals surface area contributed by atoms with Crippen LogP contribution in [0.2, 0.25) is 0 Å². The normalized spacial score (nSPS) is 10.9. The molecule has 0 saturated carbocycles.